The van der Waals surface area contributed by atoms with Crippen molar-refractivity contribution < 1.29 is 23.1 Å². The van der Waals surface area contributed by atoms with Crippen LogP contribution in [0, 0.1) is 0 Å². The van der Waals surface area contributed by atoms with E-state index in [0.717, 1.165) is 11.8 Å². The summed E-state index contributed by atoms with van der Waals surface area (Å²) in [5.41, 5.74) is 1.12. The molecular weight excluding hydrogens is 370 g/mol. The van der Waals surface area contributed by atoms with E-state index >= 15 is 0 Å². The summed E-state index contributed by atoms with van der Waals surface area (Å²) in [5.74, 6) is -1.48. The van der Waals surface area contributed by atoms with E-state index in [0.29, 0.717) is 12.8 Å². The van der Waals surface area contributed by atoms with Crippen molar-refractivity contribution in [2.45, 2.75) is 12.8 Å². The van der Waals surface area contributed by atoms with Crippen LogP contribution in [0.1, 0.15) is 32.8 Å². The number of aromatic nitrogens is 1. The van der Waals surface area contributed by atoms with Gasteiger partial charge in [-0.25, -0.2) is 13.1 Å². The van der Waals surface area contributed by atoms with Crippen molar-refractivity contribution >= 4 is 21.8 Å². The largest absolute Gasteiger partial charge is 0.395 e. The summed E-state index contributed by atoms with van der Waals surface area (Å²) in [7, 11) is -3.77. The summed E-state index contributed by atoms with van der Waals surface area (Å²) in [6.45, 7) is -0.113. The predicted molar refractivity (Wildman–Crippen MR) is 99.7 cm³/mol. The average molecular weight is 391 g/mol. The molecule has 0 atom stereocenters. The van der Waals surface area contributed by atoms with Gasteiger partial charge in [0.2, 0.25) is 10.0 Å². The summed E-state index contributed by atoms with van der Waals surface area (Å²) in [5, 5.41) is 11.1. The molecule has 0 fully saturated rings. The Labute approximate surface area is 157 Å². The minimum absolute atomic E-state index is 0.0281. The number of carbonyl (C=O) groups excluding carboxylic acids is 2. The Balaban J connectivity index is 1.88. The Morgan fingerprint density at radius 1 is 1.04 bits per heavy atom. The number of rotatable bonds is 9. The number of carbonyl (C=O) groups is 2. The lowest BCUT2D eigenvalue weighted by molar-refractivity contribution is 0.0936. The molecule has 0 aliphatic carbocycles. The van der Waals surface area contributed by atoms with Crippen LogP contribution in [0.5, 0.6) is 0 Å². The fourth-order valence-electron chi connectivity index (χ4n) is 2.28. The SMILES string of the molecule is O=C(NS(=O)(=O)CCCc1ccccc1)c1ccc(C(=O)NCCO)nc1. The van der Waals surface area contributed by atoms with Crippen molar-refractivity contribution in [3.05, 3.63) is 65.5 Å². The monoisotopic (exact) mass is 391 g/mol. The van der Waals surface area contributed by atoms with E-state index in [9.17, 15) is 18.0 Å². The predicted octanol–water partition coefficient (Wildman–Crippen LogP) is 0.496. The third-order valence-electron chi connectivity index (χ3n) is 3.63. The smallest absolute Gasteiger partial charge is 0.269 e. The molecule has 27 heavy (non-hydrogen) atoms. The number of nitrogens with one attached hydrogen (secondary N) is 2. The molecule has 3 N–H and O–H groups in total. The van der Waals surface area contributed by atoms with Crippen LogP contribution >= 0.6 is 0 Å². The van der Waals surface area contributed by atoms with E-state index in [1.165, 1.54) is 12.1 Å². The molecule has 9 heteroatoms. The van der Waals surface area contributed by atoms with Crippen molar-refractivity contribution in [1.82, 2.24) is 15.0 Å². The molecule has 2 amide bonds. The highest BCUT2D eigenvalue weighted by molar-refractivity contribution is 7.90. The number of amides is 2. The number of sulfonamides is 1. The summed E-state index contributed by atoms with van der Waals surface area (Å²) in [6.07, 6.45) is 2.10. The Morgan fingerprint density at radius 2 is 1.78 bits per heavy atom. The Bertz CT molecular complexity index is 868. The number of aliphatic hydroxyl groups is 1. The summed E-state index contributed by atoms with van der Waals surface area (Å²) in [6, 6.07) is 12.1. The third-order valence-corrected chi connectivity index (χ3v) is 4.95. The number of aliphatic hydroxyl groups excluding tert-OH is 1. The Morgan fingerprint density at radius 3 is 2.41 bits per heavy atom. The molecule has 0 aliphatic rings. The van der Waals surface area contributed by atoms with Crippen LogP contribution < -0.4 is 10.0 Å². The first-order valence-electron chi connectivity index (χ1n) is 8.35. The second-order valence-corrected chi connectivity index (χ2v) is 7.59. The van der Waals surface area contributed by atoms with Gasteiger partial charge in [0.25, 0.3) is 11.8 Å². The van der Waals surface area contributed by atoms with E-state index in [4.69, 9.17) is 5.11 Å². The molecule has 0 radical (unpaired) electrons. The van der Waals surface area contributed by atoms with Gasteiger partial charge in [-0.1, -0.05) is 30.3 Å². The molecule has 0 saturated heterocycles. The normalized spacial score (nSPS) is 11.0. The van der Waals surface area contributed by atoms with Crippen LogP contribution in [0.2, 0.25) is 0 Å². The molecular formula is C18H21N3O5S. The minimum atomic E-state index is -3.77. The van der Waals surface area contributed by atoms with Gasteiger partial charge in [0, 0.05) is 12.7 Å². The zero-order chi connectivity index (χ0) is 19.7. The molecule has 0 aliphatic heterocycles. The van der Waals surface area contributed by atoms with Crippen LogP contribution in [0.4, 0.5) is 0 Å². The average Bonchev–Trinajstić information content (AvgIpc) is 2.66. The lowest BCUT2D eigenvalue weighted by atomic mass is 10.1. The molecule has 0 saturated carbocycles. The van der Waals surface area contributed by atoms with Crippen molar-refractivity contribution in [2.24, 2.45) is 0 Å². The van der Waals surface area contributed by atoms with Gasteiger partial charge in [-0.2, -0.15) is 0 Å². The highest BCUT2D eigenvalue weighted by Gasteiger charge is 2.17. The number of hydrogen-bond donors (Lipinski definition) is 3. The second-order valence-electron chi connectivity index (χ2n) is 5.75. The molecule has 0 unspecified atom stereocenters. The van der Waals surface area contributed by atoms with Crippen LogP contribution in [-0.4, -0.2) is 49.2 Å². The summed E-state index contributed by atoms with van der Waals surface area (Å²) in [4.78, 5) is 27.6. The lowest BCUT2D eigenvalue weighted by Crippen LogP contribution is -2.33. The minimum Gasteiger partial charge on any atom is -0.395 e. The van der Waals surface area contributed by atoms with Crippen molar-refractivity contribution in [3.8, 4) is 0 Å². The number of hydrogen-bond acceptors (Lipinski definition) is 6. The van der Waals surface area contributed by atoms with E-state index < -0.39 is 21.8 Å². The summed E-state index contributed by atoms with van der Waals surface area (Å²) >= 11 is 0. The Hall–Kier alpha value is -2.78. The first-order chi connectivity index (χ1) is 12.9. The van der Waals surface area contributed by atoms with Crippen molar-refractivity contribution in [2.75, 3.05) is 18.9 Å². The Kier molecular flexibility index (Phi) is 7.44. The molecule has 1 aromatic carbocycles. The van der Waals surface area contributed by atoms with Crippen LogP contribution in [0.3, 0.4) is 0 Å². The van der Waals surface area contributed by atoms with Crippen LogP contribution in [-0.2, 0) is 16.4 Å². The van der Waals surface area contributed by atoms with Gasteiger partial charge in [0.15, 0.2) is 0 Å². The van der Waals surface area contributed by atoms with E-state index in [2.05, 4.69) is 10.3 Å². The maximum atomic E-state index is 12.1. The van der Waals surface area contributed by atoms with E-state index in [-0.39, 0.29) is 30.2 Å². The fraction of sp³-hybridized carbons (Fsp3) is 0.278. The van der Waals surface area contributed by atoms with Crippen molar-refractivity contribution in [3.63, 3.8) is 0 Å². The lowest BCUT2D eigenvalue weighted by Gasteiger charge is -2.08. The number of aryl methyl sites for hydroxylation is 1. The maximum Gasteiger partial charge on any atom is 0.269 e. The topological polar surface area (TPSA) is 125 Å². The summed E-state index contributed by atoms with van der Waals surface area (Å²) < 4.78 is 26.1. The third kappa shape index (κ3) is 6.80. The zero-order valence-corrected chi connectivity index (χ0v) is 15.4. The number of benzene rings is 1. The van der Waals surface area contributed by atoms with Gasteiger partial charge in [-0.3, -0.25) is 14.6 Å². The quantitative estimate of drug-likeness (QED) is 0.571. The van der Waals surface area contributed by atoms with Gasteiger partial charge in [-0.15, -0.1) is 0 Å². The molecule has 8 nitrogen and oxygen atoms in total. The first kappa shape index (κ1) is 20.5. The van der Waals surface area contributed by atoms with Gasteiger partial charge in [0.05, 0.1) is 17.9 Å². The van der Waals surface area contributed by atoms with Gasteiger partial charge in [0.1, 0.15) is 5.69 Å². The first-order valence-corrected chi connectivity index (χ1v) is 10.0. The zero-order valence-electron chi connectivity index (χ0n) is 14.6. The molecule has 1 aromatic heterocycles. The molecule has 2 aromatic rings. The van der Waals surface area contributed by atoms with E-state index in [1.54, 1.807) is 0 Å². The van der Waals surface area contributed by atoms with Gasteiger partial charge in [-0.05, 0) is 30.5 Å². The number of pyridine rings is 1. The van der Waals surface area contributed by atoms with E-state index in [1.807, 2.05) is 35.1 Å². The highest BCUT2D eigenvalue weighted by atomic mass is 32.2. The highest BCUT2D eigenvalue weighted by Crippen LogP contribution is 2.05. The standard InChI is InChI=1S/C18H21N3O5S/c22-11-10-19-18(24)16-9-8-15(13-20-16)17(23)21-27(25,26)12-4-7-14-5-2-1-3-6-14/h1-3,5-6,8-9,13,22H,4,7,10-12H2,(H,19,24)(H,21,23). The maximum absolute atomic E-state index is 12.1. The molecule has 1 heterocycles. The van der Waals surface area contributed by atoms with Crippen LogP contribution in [0.15, 0.2) is 48.7 Å². The van der Waals surface area contributed by atoms with Crippen molar-refractivity contribution in [1.29, 1.82) is 0 Å². The van der Waals surface area contributed by atoms with Gasteiger partial charge >= 0.3 is 0 Å². The van der Waals surface area contributed by atoms with Gasteiger partial charge < -0.3 is 10.4 Å². The molecule has 144 valence electrons. The second kappa shape index (κ2) is 9.79. The molecule has 0 spiro atoms. The molecule has 0 bridgehead atoms. The van der Waals surface area contributed by atoms with Crippen LogP contribution in [0.25, 0.3) is 0 Å². The number of nitrogens with zero attached hydrogens (tertiary/aromatic N) is 1. The fourth-order valence-corrected chi connectivity index (χ4v) is 3.31. The molecule has 2 rings (SSSR count).